The number of amides is 1. The summed E-state index contributed by atoms with van der Waals surface area (Å²) in [5.74, 6) is -1.28. The van der Waals surface area contributed by atoms with E-state index in [4.69, 9.17) is 4.74 Å². The van der Waals surface area contributed by atoms with Crippen LogP contribution in [0, 0.1) is 10.1 Å². The molecule has 11 heteroatoms. The molecular formula is C18H24F3N3O5. The number of esters is 1. The van der Waals surface area contributed by atoms with Crippen LogP contribution in [-0.2, 0) is 20.5 Å². The van der Waals surface area contributed by atoms with Gasteiger partial charge in [-0.15, -0.1) is 0 Å². The van der Waals surface area contributed by atoms with Gasteiger partial charge in [0.2, 0.25) is 0 Å². The average molecular weight is 419 g/mol. The predicted octanol–water partition coefficient (Wildman–Crippen LogP) is 3.60. The van der Waals surface area contributed by atoms with Crippen molar-refractivity contribution in [2.75, 3.05) is 11.9 Å². The molecule has 0 saturated carbocycles. The van der Waals surface area contributed by atoms with Crippen molar-refractivity contribution in [2.45, 2.75) is 59.0 Å². The molecule has 0 radical (unpaired) electrons. The van der Waals surface area contributed by atoms with E-state index in [1.807, 2.05) is 27.7 Å². The largest absolute Gasteiger partial charge is 0.451 e. The Bertz CT molecular complexity index is 758. The van der Waals surface area contributed by atoms with Crippen molar-refractivity contribution in [3.63, 3.8) is 0 Å². The first-order valence-electron chi connectivity index (χ1n) is 8.86. The number of ether oxygens (including phenoxy) is 1. The number of carbonyl (C=O) groups excluding carboxylic acids is 2. The van der Waals surface area contributed by atoms with Gasteiger partial charge in [-0.2, -0.15) is 13.2 Å². The molecule has 1 aromatic carbocycles. The molecule has 1 rings (SSSR count). The van der Waals surface area contributed by atoms with Gasteiger partial charge in [0, 0.05) is 18.2 Å². The first-order chi connectivity index (χ1) is 13.3. The lowest BCUT2D eigenvalue weighted by molar-refractivity contribution is -0.384. The van der Waals surface area contributed by atoms with Crippen LogP contribution in [0.15, 0.2) is 18.2 Å². The van der Waals surface area contributed by atoms with E-state index in [1.165, 1.54) is 6.92 Å². The molecule has 1 aromatic rings. The quantitative estimate of drug-likeness (QED) is 0.392. The second kappa shape index (κ2) is 9.57. The maximum atomic E-state index is 12.7. The Morgan fingerprint density at radius 3 is 2.17 bits per heavy atom. The summed E-state index contributed by atoms with van der Waals surface area (Å²) < 4.78 is 43.2. The molecular weight excluding hydrogens is 395 g/mol. The molecule has 0 aliphatic carbocycles. The third-order valence-electron chi connectivity index (χ3n) is 3.97. The number of carbonyl (C=O) groups is 2. The molecule has 8 nitrogen and oxygen atoms in total. The molecule has 0 unspecified atom stereocenters. The minimum atomic E-state index is -4.74. The number of halogens is 3. The normalized spacial score (nSPS) is 12.6. The number of anilines is 1. The van der Waals surface area contributed by atoms with Crippen LogP contribution in [0.1, 0.15) is 40.2 Å². The molecule has 0 aromatic heterocycles. The van der Waals surface area contributed by atoms with E-state index >= 15 is 0 Å². The Morgan fingerprint density at radius 2 is 1.72 bits per heavy atom. The Balaban J connectivity index is 2.82. The SMILES string of the molecule is CC(C)N(C(=O)[C@H](C)OC(=O)CNc1ccc(C(F)(F)F)cc1[N+](=O)[O-])C(C)C. The van der Waals surface area contributed by atoms with Crippen LogP contribution >= 0.6 is 0 Å². The van der Waals surface area contributed by atoms with Gasteiger partial charge in [-0.25, -0.2) is 0 Å². The van der Waals surface area contributed by atoms with Crippen LogP contribution in [0.4, 0.5) is 24.5 Å². The summed E-state index contributed by atoms with van der Waals surface area (Å²) in [6.07, 6.45) is -5.83. The molecule has 29 heavy (non-hydrogen) atoms. The van der Waals surface area contributed by atoms with E-state index in [1.54, 1.807) is 4.90 Å². The highest BCUT2D eigenvalue weighted by Crippen LogP contribution is 2.34. The van der Waals surface area contributed by atoms with Gasteiger partial charge in [0.05, 0.1) is 10.5 Å². The number of rotatable bonds is 8. The van der Waals surface area contributed by atoms with Crippen LogP contribution in [0.25, 0.3) is 0 Å². The second-order valence-electron chi connectivity index (χ2n) is 6.91. The Kier molecular flexibility index (Phi) is 7.98. The average Bonchev–Trinajstić information content (AvgIpc) is 2.58. The van der Waals surface area contributed by atoms with Gasteiger partial charge in [0.25, 0.3) is 11.6 Å². The van der Waals surface area contributed by atoms with Crippen LogP contribution in [0.5, 0.6) is 0 Å². The maximum Gasteiger partial charge on any atom is 0.416 e. The fourth-order valence-corrected chi connectivity index (χ4v) is 2.78. The minimum absolute atomic E-state index is 0.114. The highest BCUT2D eigenvalue weighted by molar-refractivity contribution is 5.85. The number of nitrogens with zero attached hydrogens (tertiary/aromatic N) is 2. The zero-order valence-electron chi connectivity index (χ0n) is 16.7. The molecule has 0 fully saturated rings. The third-order valence-corrected chi connectivity index (χ3v) is 3.97. The number of benzene rings is 1. The van der Waals surface area contributed by atoms with Crippen LogP contribution < -0.4 is 5.32 Å². The first-order valence-corrected chi connectivity index (χ1v) is 8.86. The van der Waals surface area contributed by atoms with Crippen molar-refractivity contribution < 1.29 is 32.4 Å². The van der Waals surface area contributed by atoms with Gasteiger partial charge < -0.3 is 15.0 Å². The third kappa shape index (κ3) is 6.61. The zero-order chi connectivity index (χ0) is 22.5. The number of nitro groups is 1. The monoisotopic (exact) mass is 419 g/mol. The van der Waals surface area contributed by atoms with Crippen molar-refractivity contribution in [3.05, 3.63) is 33.9 Å². The van der Waals surface area contributed by atoms with E-state index in [0.29, 0.717) is 12.1 Å². The molecule has 0 aliphatic rings. The molecule has 0 heterocycles. The van der Waals surface area contributed by atoms with Gasteiger partial charge in [-0.3, -0.25) is 19.7 Å². The van der Waals surface area contributed by atoms with Crippen molar-refractivity contribution in [2.24, 2.45) is 0 Å². The highest BCUT2D eigenvalue weighted by atomic mass is 19.4. The summed E-state index contributed by atoms with van der Waals surface area (Å²) >= 11 is 0. The molecule has 1 amide bonds. The fraction of sp³-hybridized carbons (Fsp3) is 0.556. The van der Waals surface area contributed by atoms with Crippen LogP contribution in [0.3, 0.4) is 0 Å². The number of nitro benzene ring substituents is 1. The summed E-state index contributed by atoms with van der Waals surface area (Å²) in [4.78, 5) is 36.0. The van der Waals surface area contributed by atoms with E-state index in [-0.39, 0.29) is 17.8 Å². The summed E-state index contributed by atoms with van der Waals surface area (Å²) in [6, 6.07) is 1.68. The standard InChI is InChI=1S/C18H24F3N3O5/c1-10(2)23(11(3)4)17(26)12(5)29-16(25)9-22-14-7-6-13(18(19,20)21)8-15(14)24(27)28/h6-8,10-12,22H,9H2,1-5H3/t12-/m0/s1. The summed E-state index contributed by atoms with van der Waals surface area (Å²) in [7, 11) is 0. The lowest BCUT2D eigenvalue weighted by Crippen LogP contribution is -2.47. The fourth-order valence-electron chi connectivity index (χ4n) is 2.78. The topological polar surface area (TPSA) is 102 Å². The smallest absolute Gasteiger partial charge is 0.416 e. The summed E-state index contributed by atoms with van der Waals surface area (Å²) in [6.45, 7) is 8.11. The van der Waals surface area contributed by atoms with Crippen molar-refractivity contribution in [1.82, 2.24) is 4.90 Å². The number of alkyl halides is 3. The number of hydrogen-bond donors (Lipinski definition) is 1. The second-order valence-corrected chi connectivity index (χ2v) is 6.91. The van der Waals surface area contributed by atoms with Crippen molar-refractivity contribution in [1.29, 1.82) is 0 Å². The van der Waals surface area contributed by atoms with Gasteiger partial charge in [0.1, 0.15) is 12.2 Å². The van der Waals surface area contributed by atoms with Crippen molar-refractivity contribution >= 4 is 23.3 Å². The molecule has 1 N–H and O–H groups in total. The van der Waals surface area contributed by atoms with Crippen molar-refractivity contribution in [3.8, 4) is 0 Å². The number of nitrogens with one attached hydrogen (secondary N) is 1. The van der Waals surface area contributed by atoms with E-state index < -0.39 is 46.9 Å². The summed E-state index contributed by atoms with van der Waals surface area (Å²) in [5, 5.41) is 13.4. The molecule has 0 saturated heterocycles. The molecule has 0 bridgehead atoms. The molecule has 0 aliphatic heterocycles. The first kappa shape index (κ1) is 24.2. The van der Waals surface area contributed by atoms with Gasteiger partial charge in [-0.1, -0.05) is 0 Å². The van der Waals surface area contributed by atoms with E-state index in [9.17, 15) is 32.9 Å². The van der Waals surface area contributed by atoms with Gasteiger partial charge in [0.15, 0.2) is 6.10 Å². The van der Waals surface area contributed by atoms with E-state index in [2.05, 4.69) is 5.32 Å². The predicted molar refractivity (Wildman–Crippen MR) is 99.3 cm³/mol. The maximum absolute atomic E-state index is 12.7. The Morgan fingerprint density at radius 1 is 1.17 bits per heavy atom. The molecule has 0 spiro atoms. The zero-order valence-corrected chi connectivity index (χ0v) is 16.7. The Labute approximate surface area is 166 Å². The van der Waals surface area contributed by atoms with Crippen LogP contribution in [-0.4, -0.2) is 46.4 Å². The Hall–Kier alpha value is -2.85. The minimum Gasteiger partial charge on any atom is -0.451 e. The molecule has 1 atom stereocenters. The van der Waals surface area contributed by atoms with Crippen LogP contribution in [0.2, 0.25) is 0 Å². The number of hydrogen-bond acceptors (Lipinski definition) is 6. The lowest BCUT2D eigenvalue weighted by Gasteiger charge is -2.32. The molecule has 162 valence electrons. The summed E-state index contributed by atoms with van der Waals surface area (Å²) in [5.41, 5.74) is -2.29. The van der Waals surface area contributed by atoms with E-state index in [0.717, 1.165) is 6.07 Å². The van der Waals surface area contributed by atoms with Gasteiger partial charge in [-0.05, 0) is 46.8 Å². The lowest BCUT2D eigenvalue weighted by atomic mass is 10.1. The highest BCUT2D eigenvalue weighted by Gasteiger charge is 2.33. The van der Waals surface area contributed by atoms with Gasteiger partial charge >= 0.3 is 12.1 Å².